The number of alkyl halides is 1. The van der Waals surface area contributed by atoms with Crippen LogP contribution in [0.2, 0.25) is 0 Å². The number of rotatable bonds is 3. The van der Waals surface area contributed by atoms with Crippen LogP contribution in [0.15, 0.2) is 0 Å². The molecule has 0 saturated heterocycles. The van der Waals surface area contributed by atoms with Crippen molar-refractivity contribution in [3.05, 3.63) is 0 Å². The minimum atomic E-state index is -3.15. The molecule has 1 N–H and O–H groups in total. The summed E-state index contributed by atoms with van der Waals surface area (Å²) < 4.78 is 26.2. The normalized spacial score (nSPS) is 35.1. The highest BCUT2D eigenvalue weighted by Gasteiger charge is 2.51. The third-order valence-electron chi connectivity index (χ3n) is 3.59. The van der Waals surface area contributed by atoms with E-state index in [0.717, 1.165) is 38.5 Å². The van der Waals surface area contributed by atoms with E-state index in [1.807, 2.05) is 0 Å². The summed E-state index contributed by atoms with van der Waals surface area (Å²) in [7, 11) is -3.15. The molecule has 0 radical (unpaired) electrons. The molecule has 3 nitrogen and oxygen atoms in total. The van der Waals surface area contributed by atoms with Crippen molar-refractivity contribution >= 4 is 21.6 Å². The van der Waals surface area contributed by atoms with Gasteiger partial charge >= 0.3 is 0 Å². The molecule has 0 aliphatic heterocycles. The van der Waals surface area contributed by atoms with E-state index in [-0.39, 0.29) is 11.4 Å². The fourth-order valence-corrected chi connectivity index (χ4v) is 4.03. The first-order chi connectivity index (χ1) is 6.95. The largest absolute Gasteiger partial charge is 0.217 e. The monoisotopic (exact) mass is 251 g/mol. The molecule has 15 heavy (non-hydrogen) atoms. The predicted molar refractivity (Wildman–Crippen MR) is 61.6 cm³/mol. The van der Waals surface area contributed by atoms with Gasteiger partial charge in [0.15, 0.2) is 0 Å². The lowest BCUT2D eigenvalue weighted by atomic mass is 9.96. The molecule has 2 saturated carbocycles. The van der Waals surface area contributed by atoms with E-state index in [4.69, 9.17) is 11.6 Å². The Hall–Kier alpha value is 0.200. The molecule has 0 aromatic carbocycles. The summed E-state index contributed by atoms with van der Waals surface area (Å²) in [5.74, 6) is 0. The molecule has 0 aromatic heterocycles. The zero-order valence-corrected chi connectivity index (χ0v) is 10.6. The molecule has 0 spiro atoms. The zero-order chi connectivity index (χ0) is 11.1. The Kier molecular flexibility index (Phi) is 3.03. The highest BCUT2D eigenvalue weighted by atomic mass is 35.5. The summed E-state index contributed by atoms with van der Waals surface area (Å²) in [6.45, 7) is 1.81. The van der Waals surface area contributed by atoms with Gasteiger partial charge in [0, 0.05) is 11.4 Å². The average Bonchev–Trinajstić information content (AvgIpc) is 2.89. The van der Waals surface area contributed by atoms with Gasteiger partial charge in [-0.3, -0.25) is 0 Å². The second kappa shape index (κ2) is 3.90. The van der Waals surface area contributed by atoms with E-state index >= 15 is 0 Å². The van der Waals surface area contributed by atoms with Gasteiger partial charge in [-0.25, -0.2) is 13.1 Å². The zero-order valence-electron chi connectivity index (χ0n) is 9.00. The van der Waals surface area contributed by atoms with Crippen LogP contribution in [0.5, 0.6) is 0 Å². The molecule has 2 aliphatic carbocycles. The quantitative estimate of drug-likeness (QED) is 0.780. The summed E-state index contributed by atoms with van der Waals surface area (Å²) in [6.07, 6.45) is 5.55. The Morgan fingerprint density at radius 1 is 1.27 bits per heavy atom. The molecule has 2 aliphatic rings. The van der Waals surface area contributed by atoms with Crippen molar-refractivity contribution < 1.29 is 8.42 Å². The smallest absolute Gasteiger partial charge is 0.212 e. The lowest BCUT2D eigenvalue weighted by Gasteiger charge is -2.28. The average molecular weight is 252 g/mol. The molecule has 5 heteroatoms. The highest BCUT2D eigenvalue weighted by molar-refractivity contribution is 7.91. The van der Waals surface area contributed by atoms with Crippen LogP contribution in [-0.4, -0.2) is 24.6 Å². The number of hydrogen-bond acceptors (Lipinski definition) is 2. The van der Waals surface area contributed by atoms with Crippen LogP contribution in [-0.2, 0) is 10.0 Å². The Labute approximate surface area is 96.6 Å². The van der Waals surface area contributed by atoms with Gasteiger partial charge in [-0.1, -0.05) is 12.8 Å². The van der Waals surface area contributed by atoms with Gasteiger partial charge < -0.3 is 0 Å². The molecule has 0 aromatic rings. The molecule has 2 unspecified atom stereocenters. The summed E-state index contributed by atoms with van der Waals surface area (Å²) >= 11 is 6.13. The molecule has 2 atom stereocenters. The van der Waals surface area contributed by atoms with Gasteiger partial charge in [0.25, 0.3) is 0 Å². The number of nitrogens with one attached hydrogen (secondary N) is 1. The summed E-state index contributed by atoms with van der Waals surface area (Å²) in [4.78, 5) is 0. The van der Waals surface area contributed by atoms with Crippen LogP contribution < -0.4 is 4.72 Å². The van der Waals surface area contributed by atoms with Crippen molar-refractivity contribution in [3.8, 4) is 0 Å². The van der Waals surface area contributed by atoms with Crippen LogP contribution in [0.25, 0.3) is 0 Å². The van der Waals surface area contributed by atoms with Crippen LogP contribution in [0.3, 0.4) is 0 Å². The first-order valence-electron chi connectivity index (χ1n) is 5.61. The number of sulfonamides is 1. The van der Waals surface area contributed by atoms with Gasteiger partial charge in [0.2, 0.25) is 10.0 Å². The van der Waals surface area contributed by atoms with E-state index in [9.17, 15) is 8.42 Å². The molecule has 0 heterocycles. The van der Waals surface area contributed by atoms with Crippen molar-refractivity contribution in [2.45, 2.75) is 61.6 Å². The maximum absolute atomic E-state index is 12.0. The van der Waals surface area contributed by atoms with Crippen molar-refractivity contribution in [2.75, 3.05) is 0 Å². The third-order valence-corrected chi connectivity index (χ3v) is 6.43. The van der Waals surface area contributed by atoms with E-state index in [0.29, 0.717) is 0 Å². The van der Waals surface area contributed by atoms with E-state index < -0.39 is 14.8 Å². The lowest BCUT2D eigenvalue weighted by molar-refractivity contribution is 0.416. The summed E-state index contributed by atoms with van der Waals surface area (Å²) in [5.41, 5.74) is 0. The van der Waals surface area contributed by atoms with Crippen LogP contribution in [0.1, 0.15) is 45.4 Å². The molecule has 0 bridgehead atoms. The molecule has 2 fully saturated rings. The Bertz CT molecular complexity index is 337. The maximum Gasteiger partial charge on any atom is 0.217 e. The van der Waals surface area contributed by atoms with E-state index in [2.05, 4.69) is 4.72 Å². The molecule has 0 amide bonds. The Morgan fingerprint density at radius 2 is 1.87 bits per heavy atom. The molecular formula is C10H18ClNO2S. The SMILES string of the molecule is CC1(S(=O)(=O)NC2CCCCC2Cl)CC1. The molecule has 88 valence electrons. The number of halogens is 1. The van der Waals surface area contributed by atoms with Crippen LogP contribution in [0, 0.1) is 0 Å². The first kappa shape index (κ1) is 11.7. The minimum absolute atomic E-state index is 0.0316. The molecule has 2 rings (SSSR count). The van der Waals surface area contributed by atoms with Crippen molar-refractivity contribution in [3.63, 3.8) is 0 Å². The van der Waals surface area contributed by atoms with Gasteiger partial charge in [-0.2, -0.15) is 0 Å². The third kappa shape index (κ3) is 2.32. The standard InChI is InChI=1S/C10H18ClNO2S/c1-10(6-7-10)15(13,14)12-9-5-3-2-4-8(9)11/h8-9,12H,2-7H2,1H3. The fourth-order valence-electron chi connectivity index (χ4n) is 2.00. The lowest BCUT2D eigenvalue weighted by Crippen LogP contribution is -2.46. The van der Waals surface area contributed by atoms with Crippen molar-refractivity contribution in [1.29, 1.82) is 0 Å². The van der Waals surface area contributed by atoms with Gasteiger partial charge in [-0.15, -0.1) is 11.6 Å². The second-order valence-electron chi connectivity index (χ2n) is 4.98. The highest BCUT2D eigenvalue weighted by Crippen LogP contribution is 2.42. The van der Waals surface area contributed by atoms with Gasteiger partial charge in [-0.05, 0) is 32.6 Å². The predicted octanol–water partition coefficient (Wildman–Crippen LogP) is 2.01. The summed E-state index contributed by atoms with van der Waals surface area (Å²) in [6, 6.07) is -0.0529. The topological polar surface area (TPSA) is 46.2 Å². The Balaban J connectivity index is 2.01. The second-order valence-corrected chi connectivity index (χ2v) is 7.77. The Morgan fingerprint density at radius 3 is 2.40 bits per heavy atom. The van der Waals surface area contributed by atoms with Crippen molar-refractivity contribution in [1.82, 2.24) is 4.72 Å². The van der Waals surface area contributed by atoms with Crippen molar-refractivity contribution in [2.24, 2.45) is 0 Å². The minimum Gasteiger partial charge on any atom is -0.212 e. The van der Waals surface area contributed by atoms with Crippen LogP contribution in [0.4, 0.5) is 0 Å². The number of hydrogen-bond donors (Lipinski definition) is 1. The van der Waals surface area contributed by atoms with E-state index in [1.165, 1.54) is 0 Å². The maximum atomic E-state index is 12.0. The van der Waals surface area contributed by atoms with Gasteiger partial charge in [0.1, 0.15) is 0 Å². The van der Waals surface area contributed by atoms with Crippen LogP contribution >= 0.6 is 11.6 Å². The first-order valence-corrected chi connectivity index (χ1v) is 7.53. The summed E-state index contributed by atoms with van der Waals surface area (Å²) in [5, 5.41) is -0.0316. The molecular weight excluding hydrogens is 234 g/mol. The van der Waals surface area contributed by atoms with E-state index in [1.54, 1.807) is 6.92 Å². The fraction of sp³-hybridized carbons (Fsp3) is 1.00. The van der Waals surface area contributed by atoms with Gasteiger partial charge in [0.05, 0.1) is 4.75 Å².